The topological polar surface area (TPSA) is 37.3 Å². The van der Waals surface area contributed by atoms with E-state index in [1.54, 1.807) is 6.07 Å². The number of carboxylic acid groups (broad SMARTS) is 1. The fourth-order valence-corrected chi connectivity index (χ4v) is 2.77. The third kappa shape index (κ3) is 1.17. The number of hydrogen-bond acceptors (Lipinski definition) is 1. The van der Waals surface area contributed by atoms with Crippen LogP contribution in [0.25, 0.3) is 10.8 Å². The minimum atomic E-state index is -0.893. The average molecular weight is 233 g/mol. The van der Waals surface area contributed by atoms with Crippen LogP contribution in [0.5, 0.6) is 0 Å². The number of aromatic carboxylic acids is 1. The highest BCUT2D eigenvalue weighted by Crippen LogP contribution is 2.37. The number of hydrogen-bond donors (Lipinski definition) is 1. The van der Waals surface area contributed by atoms with Crippen molar-refractivity contribution in [3.05, 3.63) is 46.0 Å². The van der Waals surface area contributed by atoms with Crippen LogP contribution in [0.2, 0.25) is 5.02 Å². The van der Waals surface area contributed by atoms with Gasteiger partial charge in [-0.25, -0.2) is 4.79 Å². The summed E-state index contributed by atoms with van der Waals surface area (Å²) in [4.78, 5) is 11.1. The summed E-state index contributed by atoms with van der Waals surface area (Å²) in [5.41, 5.74) is 2.49. The third-order valence-electron chi connectivity index (χ3n) is 3.18. The Morgan fingerprint density at radius 2 is 2.12 bits per heavy atom. The standard InChI is InChI=1S/C13H9ClO2/c14-11-6-10(13(15)16)8-5-4-7-2-1-3-9(11)12(7)8/h1-3,6H,4-5H2,(H,15,16). The molecule has 0 amide bonds. The largest absolute Gasteiger partial charge is 0.478 e. The molecule has 2 aromatic rings. The maximum atomic E-state index is 11.1. The summed E-state index contributed by atoms with van der Waals surface area (Å²) in [5, 5.41) is 11.7. The normalized spacial score (nSPS) is 13.3. The summed E-state index contributed by atoms with van der Waals surface area (Å²) >= 11 is 6.11. The molecule has 0 unspecified atom stereocenters. The second kappa shape index (κ2) is 3.22. The zero-order valence-corrected chi connectivity index (χ0v) is 9.21. The molecule has 3 heteroatoms. The number of rotatable bonds is 1. The highest BCUT2D eigenvalue weighted by Gasteiger charge is 2.22. The van der Waals surface area contributed by atoms with Gasteiger partial charge in [-0.2, -0.15) is 0 Å². The highest BCUT2D eigenvalue weighted by molar-refractivity contribution is 6.36. The van der Waals surface area contributed by atoms with Crippen molar-refractivity contribution in [1.29, 1.82) is 0 Å². The molecular weight excluding hydrogens is 224 g/mol. The Hall–Kier alpha value is -1.54. The lowest BCUT2D eigenvalue weighted by atomic mass is 10.0. The minimum absolute atomic E-state index is 0.349. The third-order valence-corrected chi connectivity index (χ3v) is 3.49. The van der Waals surface area contributed by atoms with Gasteiger partial charge in [-0.3, -0.25) is 0 Å². The Labute approximate surface area is 97.5 Å². The molecule has 2 nitrogen and oxygen atoms in total. The molecular formula is C13H9ClO2. The van der Waals surface area contributed by atoms with Crippen LogP contribution in [0, 0.1) is 0 Å². The van der Waals surface area contributed by atoms with Gasteiger partial charge in [-0.1, -0.05) is 29.8 Å². The van der Waals surface area contributed by atoms with Crippen molar-refractivity contribution in [3.63, 3.8) is 0 Å². The molecule has 0 atom stereocenters. The minimum Gasteiger partial charge on any atom is -0.478 e. The smallest absolute Gasteiger partial charge is 0.336 e. The molecule has 0 aromatic heterocycles. The van der Waals surface area contributed by atoms with Gasteiger partial charge < -0.3 is 5.11 Å². The molecule has 0 bridgehead atoms. The summed E-state index contributed by atoms with van der Waals surface area (Å²) in [6.45, 7) is 0. The van der Waals surface area contributed by atoms with E-state index in [1.165, 1.54) is 5.56 Å². The van der Waals surface area contributed by atoms with Gasteiger partial charge >= 0.3 is 5.97 Å². The molecule has 16 heavy (non-hydrogen) atoms. The summed E-state index contributed by atoms with van der Waals surface area (Å²) in [7, 11) is 0. The van der Waals surface area contributed by atoms with E-state index >= 15 is 0 Å². The first kappa shape index (κ1) is 9.67. The van der Waals surface area contributed by atoms with E-state index in [0.717, 1.165) is 29.2 Å². The Morgan fingerprint density at radius 1 is 1.31 bits per heavy atom. The molecule has 2 aromatic carbocycles. The van der Waals surface area contributed by atoms with Crippen LogP contribution in [0.1, 0.15) is 21.5 Å². The lowest BCUT2D eigenvalue weighted by molar-refractivity contribution is 0.0696. The molecule has 1 aliphatic carbocycles. The van der Waals surface area contributed by atoms with Crippen LogP contribution >= 0.6 is 11.6 Å². The number of halogens is 1. The molecule has 3 rings (SSSR count). The highest BCUT2D eigenvalue weighted by atomic mass is 35.5. The molecule has 0 radical (unpaired) electrons. The van der Waals surface area contributed by atoms with Gasteiger partial charge in [0.25, 0.3) is 0 Å². The van der Waals surface area contributed by atoms with Crippen molar-refractivity contribution in [2.24, 2.45) is 0 Å². The molecule has 0 heterocycles. The Balaban J connectivity index is 2.51. The van der Waals surface area contributed by atoms with Gasteiger partial charge in [0.1, 0.15) is 0 Å². The van der Waals surface area contributed by atoms with Crippen LogP contribution < -0.4 is 0 Å². The van der Waals surface area contributed by atoms with Gasteiger partial charge in [0, 0.05) is 10.4 Å². The number of benzene rings is 2. The van der Waals surface area contributed by atoms with Crippen LogP contribution in [-0.2, 0) is 12.8 Å². The maximum absolute atomic E-state index is 11.1. The van der Waals surface area contributed by atoms with Gasteiger partial charge in [0.05, 0.1) is 5.56 Å². The van der Waals surface area contributed by atoms with Gasteiger partial charge in [-0.15, -0.1) is 0 Å². The van der Waals surface area contributed by atoms with Gasteiger partial charge in [0.15, 0.2) is 0 Å². The first-order valence-electron chi connectivity index (χ1n) is 5.15. The second-order valence-electron chi connectivity index (χ2n) is 4.03. The number of aryl methyl sites for hydroxylation is 2. The molecule has 1 N–H and O–H groups in total. The summed E-state index contributed by atoms with van der Waals surface area (Å²) in [6.07, 6.45) is 1.71. The Kier molecular flexibility index (Phi) is 1.95. The predicted molar refractivity (Wildman–Crippen MR) is 63.3 cm³/mol. The van der Waals surface area contributed by atoms with E-state index < -0.39 is 5.97 Å². The molecule has 0 aliphatic heterocycles. The van der Waals surface area contributed by atoms with E-state index in [9.17, 15) is 4.79 Å². The average Bonchev–Trinajstić information content (AvgIpc) is 2.68. The number of carboxylic acids is 1. The Bertz CT molecular complexity index is 617. The van der Waals surface area contributed by atoms with Crippen LogP contribution in [0.4, 0.5) is 0 Å². The van der Waals surface area contributed by atoms with Crippen molar-refractivity contribution >= 4 is 28.3 Å². The van der Waals surface area contributed by atoms with Gasteiger partial charge in [0.2, 0.25) is 0 Å². The van der Waals surface area contributed by atoms with E-state index in [2.05, 4.69) is 0 Å². The predicted octanol–water partition coefficient (Wildman–Crippen LogP) is 3.29. The van der Waals surface area contributed by atoms with Crippen molar-refractivity contribution < 1.29 is 9.90 Å². The first-order valence-corrected chi connectivity index (χ1v) is 5.52. The fourth-order valence-electron chi connectivity index (χ4n) is 2.50. The van der Waals surface area contributed by atoms with E-state index in [0.29, 0.717) is 10.6 Å². The van der Waals surface area contributed by atoms with E-state index in [-0.39, 0.29) is 0 Å². The molecule has 80 valence electrons. The lowest BCUT2D eigenvalue weighted by Crippen LogP contribution is -2.01. The molecule has 0 spiro atoms. The Morgan fingerprint density at radius 3 is 2.88 bits per heavy atom. The summed E-state index contributed by atoms with van der Waals surface area (Å²) < 4.78 is 0. The quantitative estimate of drug-likeness (QED) is 0.819. The van der Waals surface area contributed by atoms with Gasteiger partial charge in [-0.05, 0) is 35.4 Å². The van der Waals surface area contributed by atoms with Crippen molar-refractivity contribution in [2.45, 2.75) is 12.8 Å². The SMILES string of the molecule is O=C(O)c1cc(Cl)c2cccc3c2c1CC3. The van der Waals surface area contributed by atoms with E-state index in [1.807, 2.05) is 18.2 Å². The lowest BCUT2D eigenvalue weighted by Gasteiger charge is -2.07. The van der Waals surface area contributed by atoms with E-state index in [4.69, 9.17) is 16.7 Å². The molecule has 0 fully saturated rings. The summed E-state index contributed by atoms with van der Waals surface area (Å²) in [5.74, 6) is -0.893. The summed E-state index contributed by atoms with van der Waals surface area (Å²) in [6, 6.07) is 7.53. The number of carbonyl (C=O) groups is 1. The maximum Gasteiger partial charge on any atom is 0.336 e. The van der Waals surface area contributed by atoms with Crippen molar-refractivity contribution in [2.75, 3.05) is 0 Å². The monoisotopic (exact) mass is 232 g/mol. The van der Waals surface area contributed by atoms with Crippen molar-refractivity contribution in [1.82, 2.24) is 0 Å². The molecule has 0 saturated carbocycles. The molecule has 0 saturated heterocycles. The zero-order valence-electron chi connectivity index (χ0n) is 8.46. The first-order chi connectivity index (χ1) is 7.68. The van der Waals surface area contributed by atoms with Crippen LogP contribution in [-0.4, -0.2) is 11.1 Å². The zero-order chi connectivity index (χ0) is 11.3. The molecule has 1 aliphatic rings. The second-order valence-corrected chi connectivity index (χ2v) is 4.44. The van der Waals surface area contributed by atoms with Crippen LogP contribution in [0.3, 0.4) is 0 Å². The van der Waals surface area contributed by atoms with Crippen molar-refractivity contribution in [3.8, 4) is 0 Å². The van der Waals surface area contributed by atoms with Crippen LogP contribution in [0.15, 0.2) is 24.3 Å². The fraction of sp³-hybridized carbons (Fsp3) is 0.154.